The molecular formula is C11H21N3OS. The highest BCUT2D eigenvalue weighted by Gasteiger charge is 2.52. The Kier molecular flexibility index (Phi) is 3.59. The van der Waals surface area contributed by atoms with Gasteiger partial charge in [0.15, 0.2) is 0 Å². The van der Waals surface area contributed by atoms with Gasteiger partial charge in [-0.15, -0.1) is 0 Å². The summed E-state index contributed by atoms with van der Waals surface area (Å²) in [6.45, 7) is 4.75. The molecule has 1 amide bonds. The van der Waals surface area contributed by atoms with Crippen molar-refractivity contribution in [3.63, 3.8) is 0 Å². The van der Waals surface area contributed by atoms with E-state index in [0.29, 0.717) is 11.5 Å². The number of carbonyl (C=O) groups is 1. The van der Waals surface area contributed by atoms with Gasteiger partial charge in [0.25, 0.3) is 0 Å². The van der Waals surface area contributed by atoms with E-state index in [0.717, 1.165) is 12.8 Å². The summed E-state index contributed by atoms with van der Waals surface area (Å²) in [6.07, 6.45) is 1.58. The van der Waals surface area contributed by atoms with E-state index in [9.17, 15) is 4.79 Å². The first kappa shape index (κ1) is 13.4. The standard InChI is InChI=1S/C11H21N3OS/c1-10(2,14(3)4)7-13-9(15)11(5-6-11)8(12)16/h5-7H2,1-4H3,(H2,12,16)(H,13,15). The number of rotatable bonds is 5. The summed E-state index contributed by atoms with van der Waals surface area (Å²) >= 11 is 4.94. The van der Waals surface area contributed by atoms with Crippen molar-refractivity contribution in [3.8, 4) is 0 Å². The van der Waals surface area contributed by atoms with Gasteiger partial charge in [0, 0.05) is 12.1 Å². The molecule has 0 unspecified atom stereocenters. The van der Waals surface area contributed by atoms with Crippen LogP contribution in [0.3, 0.4) is 0 Å². The van der Waals surface area contributed by atoms with Gasteiger partial charge in [-0.1, -0.05) is 12.2 Å². The Balaban J connectivity index is 2.51. The van der Waals surface area contributed by atoms with E-state index in [2.05, 4.69) is 24.1 Å². The van der Waals surface area contributed by atoms with Gasteiger partial charge in [-0.05, 0) is 40.8 Å². The Bertz CT molecular complexity index is 308. The van der Waals surface area contributed by atoms with Crippen molar-refractivity contribution in [3.05, 3.63) is 0 Å². The highest BCUT2D eigenvalue weighted by molar-refractivity contribution is 7.80. The van der Waals surface area contributed by atoms with E-state index in [4.69, 9.17) is 18.0 Å². The fraction of sp³-hybridized carbons (Fsp3) is 0.818. The Morgan fingerprint density at radius 1 is 1.50 bits per heavy atom. The van der Waals surface area contributed by atoms with Crippen molar-refractivity contribution < 1.29 is 4.79 Å². The highest BCUT2D eigenvalue weighted by Crippen LogP contribution is 2.46. The SMILES string of the molecule is CN(C)C(C)(C)CNC(=O)C1(C(N)=S)CC1. The number of amides is 1. The molecule has 0 atom stereocenters. The van der Waals surface area contributed by atoms with Crippen LogP contribution in [0.25, 0.3) is 0 Å². The summed E-state index contributed by atoms with van der Waals surface area (Å²) in [5, 5.41) is 2.94. The Labute approximate surface area is 103 Å². The zero-order valence-electron chi connectivity index (χ0n) is 10.5. The van der Waals surface area contributed by atoms with E-state index in [1.165, 1.54) is 0 Å². The van der Waals surface area contributed by atoms with Gasteiger partial charge >= 0.3 is 0 Å². The second-order valence-electron chi connectivity index (χ2n) is 5.34. The normalized spacial score (nSPS) is 18.3. The molecule has 1 saturated carbocycles. The molecule has 0 aromatic carbocycles. The number of hydrogen-bond acceptors (Lipinski definition) is 3. The number of nitrogens with two attached hydrogens (primary N) is 1. The largest absolute Gasteiger partial charge is 0.392 e. The van der Waals surface area contributed by atoms with Crippen molar-refractivity contribution in [2.45, 2.75) is 32.2 Å². The van der Waals surface area contributed by atoms with Crippen LogP contribution in [0.5, 0.6) is 0 Å². The fourth-order valence-corrected chi connectivity index (χ4v) is 1.63. The smallest absolute Gasteiger partial charge is 0.233 e. The van der Waals surface area contributed by atoms with Gasteiger partial charge in [-0.3, -0.25) is 4.79 Å². The molecule has 0 aliphatic heterocycles. The van der Waals surface area contributed by atoms with E-state index >= 15 is 0 Å². The van der Waals surface area contributed by atoms with Gasteiger partial charge < -0.3 is 16.0 Å². The van der Waals surface area contributed by atoms with Gasteiger partial charge in [-0.2, -0.15) is 0 Å². The number of nitrogens with zero attached hydrogens (tertiary/aromatic N) is 1. The molecule has 0 aromatic rings. The molecule has 92 valence electrons. The maximum absolute atomic E-state index is 11.9. The zero-order valence-corrected chi connectivity index (χ0v) is 11.3. The molecule has 0 heterocycles. The lowest BCUT2D eigenvalue weighted by Crippen LogP contribution is -2.50. The number of hydrogen-bond donors (Lipinski definition) is 2. The molecule has 1 aliphatic carbocycles. The Morgan fingerprint density at radius 3 is 2.31 bits per heavy atom. The van der Waals surface area contributed by atoms with Crippen molar-refractivity contribution in [2.24, 2.45) is 11.1 Å². The van der Waals surface area contributed by atoms with Crippen LogP contribution in [0, 0.1) is 5.41 Å². The number of nitrogens with one attached hydrogen (secondary N) is 1. The van der Waals surface area contributed by atoms with E-state index in [1.54, 1.807) is 0 Å². The van der Waals surface area contributed by atoms with Crippen molar-refractivity contribution in [1.82, 2.24) is 10.2 Å². The van der Waals surface area contributed by atoms with E-state index in [-0.39, 0.29) is 11.4 Å². The summed E-state index contributed by atoms with van der Waals surface area (Å²) in [5.74, 6) is -0.0186. The van der Waals surface area contributed by atoms with E-state index < -0.39 is 5.41 Å². The molecular weight excluding hydrogens is 222 g/mol. The molecule has 16 heavy (non-hydrogen) atoms. The maximum atomic E-state index is 11.9. The molecule has 1 fully saturated rings. The number of carbonyl (C=O) groups excluding carboxylic acids is 1. The average molecular weight is 243 g/mol. The summed E-state index contributed by atoms with van der Waals surface area (Å²) < 4.78 is 0. The highest BCUT2D eigenvalue weighted by atomic mass is 32.1. The van der Waals surface area contributed by atoms with Crippen LogP contribution < -0.4 is 11.1 Å². The second kappa shape index (κ2) is 4.30. The average Bonchev–Trinajstić information content (AvgIpc) is 2.94. The molecule has 0 aromatic heterocycles. The van der Waals surface area contributed by atoms with Crippen LogP contribution in [0.2, 0.25) is 0 Å². The first-order valence-corrected chi connectivity index (χ1v) is 5.89. The molecule has 3 N–H and O–H groups in total. The molecule has 4 nitrogen and oxygen atoms in total. The molecule has 1 rings (SSSR count). The lowest BCUT2D eigenvalue weighted by molar-refractivity contribution is -0.124. The number of likely N-dealkylation sites (N-methyl/N-ethyl adjacent to an activating group) is 1. The van der Waals surface area contributed by atoms with Gasteiger partial charge in [0.1, 0.15) is 0 Å². The van der Waals surface area contributed by atoms with Crippen LogP contribution in [0.15, 0.2) is 0 Å². The first-order valence-electron chi connectivity index (χ1n) is 5.48. The lowest BCUT2D eigenvalue weighted by atomic mass is 10.0. The summed E-state index contributed by atoms with van der Waals surface area (Å²) in [4.78, 5) is 14.3. The summed E-state index contributed by atoms with van der Waals surface area (Å²) in [6, 6.07) is 0. The molecule has 0 bridgehead atoms. The maximum Gasteiger partial charge on any atom is 0.233 e. The molecule has 1 aliphatic rings. The van der Waals surface area contributed by atoms with E-state index in [1.807, 2.05) is 14.1 Å². The lowest BCUT2D eigenvalue weighted by Gasteiger charge is -2.33. The third-order valence-corrected chi connectivity index (χ3v) is 3.94. The van der Waals surface area contributed by atoms with Crippen molar-refractivity contribution in [1.29, 1.82) is 0 Å². The van der Waals surface area contributed by atoms with Crippen LogP contribution in [0.4, 0.5) is 0 Å². The first-order chi connectivity index (χ1) is 7.22. The predicted molar refractivity (Wildman–Crippen MR) is 69.2 cm³/mol. The van der Waals surface area contributed by atoms with Crippen molar-refractivity contribution >= 4 is 23.1 Å². The van der Waals surface area contributed by atoms with Crippen LogP contribution in [0.1, 0.15) is 26.7 Å². The quantitative estimate of drug-likeness (QED) is 0.691. The molecule has 5 heteroatoms. The summed E-state index contributed by atoms with van der Waals surface area (Å²) in [7, 11) is 3.99. The fourth-order valence-electron chi connectivity index (χ4n) is 1.33. The van der Waals surface area contributed by atoms with Gasteiger partial charge in [0.2, 0.25) is 5.91 Å². The zero-order chi connectivity index (χ0) is 12.6. The minimum Gasteiger partial charge on any atom is -0.392 e. The molecule has 0 saturated heterocycles. The van der Waals surface area contributed by atoms with Crippen molar-refractivity contribution in [2.75, 3.05) is 20.6 Å². The Hall–Kier alpha value is -0.680. The topological polar surface area (TPSA) is 58.4 Å². The minimum absolute atomic E-state index is 0.0186. The third-order valence-electron chi connectivity index (χ3n) is 3.55. The number of thiocarbonyl (C=S) groups is 1. The van der Waals surface area contributed by atoms with Crippen LogP contribution in [-0.2, 0) is 4.79 Å². The van der Waals surface area contributed by atoms with Crippen LogP contribution in [-0.4, -0.2) is 42.0 Å². The summed E-state index contributed by atoms with van der Waals surface area (Å²) in [5.41, 5.74) is 4.98. The predicted octanol–water partition coefficient (Wildman–Crippen LogP) is 0.509. The van der Waals surface area contributed by atoms with Gasteiger partial charge in [-0.25, -0.2) is 0 Å². The van der Waals surface area contributed by atoms with Crippen LogP contribution >= 0.6 is 12.2 Å². The van der Waals surface area contributed by atoms with Gasteiger partial charge in [0.05, 0.1) is 10.4 Å². The third kappa shape index (κ3) is 2.52. The minimum atomic E-state index is -0.544. The second-order valence-corrected chi connectivity index (χ2v) is 5.78. The Morgan fingerprint density at radius 2 is 2.00 bits per heavy atom. The molecule has 0 radical (unpaired) electrons. The monoisotopic (exact) mass is 243 g/mol. The molecule has 0 spiro atoms.